The summed E-state index contributed by atoms with van der Waals surface area (Å²) in [6, 6.07) is 0. The molecule has 3 aliphatic heterocycles. The van der Waals surface area contributed by atoms with Crippen LogP contribution in [0.1, 0.15) is 0 Å². The number of fused-ring (bicyclic) bond motifs is 1. The molecule has 0 aliphatic carbocycles. The Labute approximate surface area is 119 Å². The quantitative estimate of drug-likeness (QED) is 0.746. The molecule has 9 heteroatoms. The zero-order valence-corrected chi connectivity index (χ0v) is 11.0. The van der Waals surface area contributed by atoms with Gasteiger partial charge in [-0.1, -0.05) is 0 Å². The van der Waals surface area contributed by atoms with Crippen LogP contribution < -0.4 is 20.3 Å². The molecule has 3 aliphatic rings. The number of nitrogens with zero attached hydrogens (tertiary/aromatic N) is 3. The minimum atomic E-state index is -0.441. The molecule has 1 unspecified atom stereocenters. The number of amides is 2. The van der Waals surface area contributed by atoms with Crippen molar-refractivity contribution in [2.75, 3.05) is 36.5 Å². The minimum Gasteiger partial charge on any atom is -0.465 e. The smallest absolute Gasteiger partial charge is 0.416 e. The van der Waals surface area contributed by atoms with Gasteiger partial charge in [-0.2, -0.15) is 0 Å². The van der Waals surface area contributed by atoms with Crippen LogP contribution >= 0.6 is 0 Å². The van der Waals surface area contributed by atoms with Gasteiger partial charge in [0, 0.05) is 19.0 Å². The Kier molecular flexibility index (Phi) is 2.67. The zero-order valence-electron chi connectivity index (χ0n) is 11.0. The van der Waals surface area contributed by atoms with Gasteiger partial charge in [0.05, 0.1) is 12.7 Å². The summed E-state index contributed by atoms with van der Waals surface area (Å²) >= 11 is 0. The fourth-order valence-corrected chi connectivity index (χ4v) is 2.48. The number of hydrogen-bond acceptors (Lipinski definition) is 7. The van der Waals surface area contributed by atoms with Crippen LogP contribution in [0.3, 0.4) is 0 Å². The van der Waals surface area contributed by atoms with Crippen LogP contribution in [0, 0.1) is 5.92 Å². The van der Waals surface area contributed by atoms with Gasteiger partial charge in [-0.05, 0) is 0 Å². The average Bonchev–Trinajstić information content (AvgIpc) is 2.77. The van der Waals surface area contributed by atoms with E-state index in [1.807, 2.05) is 0 Å². The number of carbonyl (C=O) groups excluding carboxylic acids is 2. The molecule has 21 heavy (non-hydrogen) atoms. The Morgan fingerprint density at radius 3 is 2.95 bits per heavy atom. The molecule has 1 aromatic heterocycles. The molecule has 9 nitrogen and oxygen atoms in total. The predicted octanol–water partition coefficient (Wildman–Crippen LogP) is -0.648. The summed E-state index contributed by atoms with van der Waals surface area (Å²) in [7, 11) is 0. The Hall–Kier alpha value is -2.42. The van der Waals surface area contributed by atoms with Gasteiger partial charge in [-0.3, -0.25) is 9.69 Å². The molecule has 2 N–H and O–H groups in total. The van der Waals surface area contributed by atoms with Crippen LogP contribution in [-0.2, 0) is 9.53 Å². The van der Waals surface area contributed by atoms with Crippen molar-refractivity contribution in [3.63, 3.8) is 0 Å². The van der Waals surface area contributed by atoms with E-state index in [9.17, 15) is 9.59 Å². The summed E-state index contributed by atoms with van der Waals surface area (Å²) in [5, 5.41) is 5.72. The van der Waals surface area contributed by atoms with Gasteiger partial charge in [-0.15, -0.1) is 0 Å². The fraction of sp³-hybridized carbons (Fsp3) is 0.500. The lowest BCUT2D eigenvalue weighted by Gasteiger charge is -2.30. The highest BCUT2D eigenvalue weighted by molar-refractivity contribution is 5.94. The summed E-state index contributed by atoms with van der Waals surface area (Å²) in [5.41, 5.74) is 0. The Balaban J connectivity index is 1.57. The van der Waals surface area contributed by atoms with E-state index in [-0.39, 0.29) is 30.3 Å². The summed E-state index contributed by atoms with van der Waals surface area (Å²) in [6.45, 7) is 2.06. The standard InChI is InChI=1S/C12H13N5O4/c18-9-5-20-11-10(16-9)15-8(3-14-11)17-4-7(21-12(17)19)6-1-13-2-6/h3,6-7,13H,1-2,4-5H2,(H,15,16,18). The first kappa shape index (κ1) is 12.3. The fourth-order valence-electron chi connectivity index (χ4n) is 2.48. The van der Waals surface area contributed by atoms with Crippen molar-refractivity contribution in [1.29, 1.82) is 0 Å². The van der Waals surface area contributed by atoms with E-state index >= 15 is 0 Å². The second kappa shape index (κ2) is 4.55. The van der Waals surface area contributed by atoms with E-state index in [1.165, 1.54) is 11.1 Å². The molecular formula is C12H13N5O4. The topological polar surface area (TPSA) is 106 Å². The molecule has 1 aromatic rings. The molecule has 1 atom stereocenters. The van der Waals surface area contributed by atoms with Gasteiger partial charge in [-0.25, -0.2) is 14.8 Å². The van der Waals surface area contributed by atoms with Gasteiger partial charge in [0.25, 0.3) is 11.8 Å². The predicted molar refractivity (Wildman–Crippen MR) is 70.1 cm³/mol. The highest BCUT2D eigenvalue weighted by Gasteiger charge is 2.40. The van der Waals surface area contributed by atoms with Crippen molar-refractivity contribution in [3.05, 3.63) is 6.20 Å². The van der Waals surface area contributed by atoms with E-state index in [1.54, 1.807) is 0 Å². The zero-order chi connectivity index (χ0) is 14.4. The van der Waals surface area contributed by atoms with Gasteiger partial charge >= 0.3 is 6.09 Å². The minimum absolute atomic E-state index is 0.0798. The molecule has 2 amide bonds. The maximum absolute atomic E-state index is 12.0. The molecule has 0 radical (unpaired) electrons. The molecule has 0 spiro atoms. The number of nitrogens with one attached hydrogen (secondary N) is 2. The van der Waals surface area contributed by atoms with Crippen molar-refractivity contribution in [1.82, 2.24) is 15.3 Å². The van der Waals surface area contributed by atoms with Crippen LogP contribution in [0.25, 0.3) is 0 Å². The largest absolute Gasteiger partial charge is 0.465 e. The van der Waals surface area contributed by atoms with Crippen molar-refractivity contribution >= 4 is 23.6 Å². The van der Waals surface area contributed by atoms with Gasteiger partial charge in [0.2, 0.25) is 0 Å². The number of aromatic nitrogens is 2. The van der Waals surface area contributed by atoms with Crippen LogP contribution in [-0.4, -0.2) is 54.3 Å². The number of anilines is 2. The Morgan fingerprint density at radius 1 is 1.33 bits per heavy atom. The number of rotatable bonds is 2. The third kappa shape index (κ3) is 2.05. The summed E-state index contributed by atoms with van der Waals surface area (Å²) in [4.78, 5) is 33.0. The molecule has 2 saturated heterocycles. The van der Waals surface area contributed by atoms with E-state index in [4.69, 9.17) is 9.47 Å². The molecule has 0 aromatic carbocycles. The molecule has 0 saturated carbocycles. The maximum atomic E-state index is 12.0. The molecule has 110 valence electrons. The van der Waals surface area contributed by atoms with Crippen molar-refractivity contribution < 1.29 is 19.1 Å². The summed E-state index contributed by atoms with van der Waals surface area (Å²) in [5.74, 6) is 0.874. The van der Waals surface area contributed by atoms with Crippen molar-refractivity contribution in [2.24, 2.45) is 5.92 Å². The number of cyclic esters (lactones) is 1. The van der Waals surface area contributed by atoms with E-state index in [0.717, 1.165) is 13.1 Å². The average molecular weight is 291 g/mol. The lowest BCUT2D eigenvalue weighted by atomic mass is 9.96. The lowest BCUT2D eigenvalue weighted by molar-refractivity contribution is -0.118. The third-order valence-corrected chi connectivity index (χ3v) is 3.77. The molecule has 2 fully saturated rings. The Bertz CT molecular complexity index is 618. The Morgan fingerprint density at radius 2 is 2.19 bits per heavy atom. The second-order valence-electron chi connectivity index (χ2n) is 5.17. The van der Waals surface area contributed by atoms with Crippen molar-refractivity contribution in [3.8, 4) is 5.88 Å². The highest BCUT2D eigenvalue weighted by Crippen LogP contribution is 2.29. The van der Waals surface area contributed by atoms with Crippen LogP contribution in [0.2, 0.25) is 0 Å². The normalized spacial score (nSPS) is 24.8. The number of carbonyl (C=O) groups is 2. The van der Waals surface area contributed by atoms with Crippen LogP contribution in [0.4, 0.5) is 16.4 Å². The van der Waals surface area contributed by atoms with E-state index in [2.05, 4.69) is 20.6 Å². The van der Waals surface area contributed by atoms with Crippen molar-refractivity contribution in [2.45, 2.75) is 6.10 Å². The van der Waals surface area contributed by atoms with Gasteiger partial charge < -0.3 is 20.1 Å². The first-order valence-electron chi connectivity index (χ1n) is 6.69. The number of hydrogen-bond donors (Lipinski definition) is 2. The molecule has 4 rings (SSSR count). The second-order valence-corrected chi connectivity index (χ2v) is 5.17. The highest BCUT2D eigenvalue weighted by atomic mass is 16.6. The molecule has 0 bridgehead atoms. The number of ether oxygens (including phenoxy) is 2. The molecular weight excluding hydrogens is 278 g/mol. The van der Waals surface area contributed by atoms with Gasteiger partial charge in [0.1, 0.15) is 6.10 Å². The summed E-state index contributed by atoms with van der Waals surface area (Å²) in [6.07, 6.45) is 0.866. The van der Waals surface area contributed by atoms with Gasteiger partial charge in [0.15, 0.2) is 18.2 Å². The lowest BCUT2D eigenvalue weighted by Crippen LogP contribution is -2.49. The summed E-state index contributed by atoms with van der Waals surface area (Å²) < 4.78 is 10.5. The maximum Gasteiger partial charge on any atom is 0.416 e. The SMILES string of the molecule is O=C1COc2ncc(N3CC(C4CNC4)OC3=O)nc2N1. The third-order valence-electron chi connectivity index (χ3n) is 3.77. The van der Waals surface area contributed by atoms with E-state index in [0.29, 0.717) is 18.3 Å². The van der Waals surface area contributed by atoms with E-state index < -0.39 is 6.09 Å². The van der Waals surface area contributed by atoms with Crippen LogP contribution in [0.5, 0.6) is 5.88 Å². The first-order chi connectivity index (χ1) is 10.2. The van der Waals surface area contributed by atoms with Crippen LogP contribution in [0.15, 0.2) is 6.20 Å². The monoisotopic (exact) mass is 291 g/mol. The molecule has 4 heterocycles. The first-order valence-corrected chi connectivity index (χ1v) is 6.69.